The third-order valence-electron chi connectivity index (χ3n) is 6.18. The van der Waals surface area contributed by atoms with Crippen molar-refractivity contribution in [1.29, 1.82) is 0 Å². The Bertz CT molecular complexity index is 1710. The number of benzene rings is 4. The smallest absolute Gasteiger partial charge is 0.269 e. The van der Waals surface area contributed by atoms with Crippen LogP contribution in [0.5, 0.6) is 0 Å². The molecule has 7 nitrogen and oxygen atoms in total. The van der Waals surface area contributed by atoms with E-state index in [0.29, 0.717) is 12.2 Å². The number of nitro groups is 1. The van der Waals surface area contributed by atoms with Crippen molar-refractivity contribution < 1.29 is 4.92 Å². The van der Waals surface area contributed by atoms with E-state index in [0.717, 1.165) is 38.8 Å². The summed E-state index contributed by atoms with van der Waals surface area (Å²) in [5, 5.41) is 23.4. The maximum absolute atomic E-state index is 11.2. The number of fused-ring (bicyclic) bond motifs is 3. The molecule has 4 aromatic carbocycles. The topological polar surface area (TPSA) is 89.6 Å². The summed E-state index contributed by atoms with van der Waals surface area (Å²) in [6.45, 7) is 0. The average Bonchev–Trinajstić information content (AvgIpc) is 3.50. The molecule has 8 heteroatoms. The first-order chi connectivity index (χ1) is 17.7. The van der Waals surface area contributed by atoms with Crippen molar-refractivity contribution in [1.82, 2.24) is 19.7 Å². The minimum Gasteiger partial charge on any atom is -0.354 e. The Kier molecular flexibility index (Phi) is 5.71. The Balaban J connectivity index is 1.37. The Morgan fingerprint density at radius 2 is 1.64 bits per heavy atom. The third-order valence-corrected chi connectivity index (χ3v) is 7.18. The monoisotopic (exact) mass is 491 g/mol. The molecule has 1 N–H and O–H groups in total. The van der Waals surface area contributed by atoms with E-state index in [4.69, 9.17) is 0 Å². The highest BCUT2D eigenvalue weighted by molar-refractivity contribution is 7.98. The van der Waals surface area contributed by atoms with Crippen LogP contribution in [0.4, 0.5) is 5.69 Å². The maximum atomic E-state index is 11.2. The lowest BCUT2D eigenvalue weighted by atomic mass is 10.1. The van der Waals surface area contributed by atoms with Crippen molar-refractivity contribution in [3.05, 3.63) is 124 Å². The maximum Gasteiger partial charge on any atom is 0.269 e. The second-order valence-electron chi connectivity index (χ2n) is 8.47. The summed E-state index contributed by atoms with van der Waals surface area (Å²) in [6.07, 6.45) is 0.601. The molecular weight excluding hydrogens is 470 g/mol. The SMILES string of the molecule is O=[N+]([O-])c1cccc(CSc2nnc(Cc3cccc4c3[nH]c3ccccc34)n2-c2ccccc2)c1. The first kappa shape index (κ1) is 22.1. The molecule has 0 atom stereocenters. The van der Waals surface area contributed by atoms with Crippen molar-refractivity contribution in [2.24, 2.45) is 0 Å². The fraction of sp³-hybridized carbons (Fsp3) is 0.0714. The van der Waals surface area contributed by atoms with Gasteiger partial charge < -0.3 is 4.98 Å². The molecule has 6 rings (SSSR count). The van der Waals surface area contributed by atoms with Crippen molar-refractivity contribution in [3.8, 4) is 5.69 Å². The predicted molar refractivity (Wildman–Crippen MR) is 143 cm³/mol. The van der Waals surface area contributed by atoms with Gasteiger partial charge in [-0.3, -0.25) is 14.7 Å². The van der Waals surface area contributed by atoms with Gasteiger partial charge in [-0.25, -0.2) is 0 Å². The van der Waals surface area contributed by atoms with E-state index >= 15 is 0 Å². The number of thioether (sulfide) groups is 1. The summed E-state index contributed by atoms with van der Waals surface area (Å²) in [5.74, 6) is 1.37. The molecule has 36 heavy (non-hydrogen) atoms. The summed E-state index contributed by atoms with van der Waals surface area (Å²) >= 11 is 1.51. The molecule has 0 spiro atoms. The molecule has 176 valence electrons. The van der Waals surface area contributed by atoms with Gasteiger partial charge in [0, 0.05) is 46.3 Å². The second-order valence-corrected chi connectivity index (χ2v) is 9.42. The van der Waals surface area contributed by atoms with Crippen molar-refractivity contribution in [2.45, 2.75) is 17.3 Å². The zero-order valence-electron chi connectivity index (χ0n) is 19.2. The van der Waals surface area contributed by atoms with Gasteiger partial charge in [-0.1, -0.05) is 78.5 Å². The number of non-ortho nitro benzene ring substituents is 1. The van der Waals surface area contributed by atoms with Crippen LogP contribution in [0.1, 0.15) is 17.0 Å². The van der Waals surface area contributed by atoms with E-state index in [9.17, 15) is 10.1 Å². The number of hydrogen-bond acceptors (Lipinski definition) is 5. The van der Waals surface area contributed by atoms with E-state index < -0.39 is 0 Å². The molecule has 6 aromatic rings. The zero-order chi connectivity index (χ0) is 24.5. The molecule has 0 amide bonds. The fourth-order valence-electron chi connectivity index (χ4n) is 4.50. The summed E-state index contributed by atoms with van der Waals surface area (Å²) in [7, 11) is 0. The van der Waals surface area contributed by atoms with Crippen molar-refractivity contribution >= 4 is 39.3 Å². The van der Waals surface area contributed by atoms with Crippen molar-refractivity contribution in [3.63, 3.8) is 0 Å². The lowest BCUT2D eigenvalue weighted by molar-refractivity contribution is -0.384. The largest absolute Gasteiger partial charge is 0.354 e. The van der Waals surface area contributed by atoms with E-state index in [1.807, 2.05) is 42.5 Å². The summed E-state index contributed by atoms with van der Waals surface area (Å²) in [4.78, 5) is 14.4. The molecule has 0 saturated heterocycles. The Labute approximate surface area is 211 Å². The fourth-order valence-corrected chi connectivity index (χ4v) is 5.42. The summed E-state index contributed by atoms with van der Waals surface area (Å²) in [5.41, 5.74) is 5.28. The van der Waals surface area contributed by atoms with Crippen LogP contribution in [-0.4, -0.2) is 24.7 Å². The number of nitro benzene ring substituents is 1. The normalized spacial score (nSPS) is 11.3. The Hall–Kier alpha value is -4.43. The molecule has 0 aliphatic heterocycles. The van der Waals surface area contributed by atoms with E-state index in [-0.39, 0.29) is 10.6 Å². The van der Waals surface area contributed by atoms with E-state index in [1.165, 1.54) is 28.6 Å². The van der Waals surface area contributed by atoms with Gasteiger partial charge in [0.2, 0.25) is 0 Å². The molecular formula is C28H21N5O2S. The first-order valence-electron chi connectivity index (χ1n) is 11.5. The van der Waals surface area contributed by atoms with Gasteiger partial charge in [0.05, 0.1) is 10.4 Å². The predicted octanol–water partition coefficient (Wildman–Crippen LogP) is 6.69. The number of para-hydroxylation sites is 3. The lowest BCUT2D eigenvalue weighted by Gasteiger charge is -2.11. The van der Waals surface area contributed by atoms with Gasteiger partial charge in [0.15, 0.2) is 5.16 Å². The van der Waals surface area contributed by atoms with Crippen LogP contribution in [0.2, 0.25) is 0 Å². The van der Waals surface area contributed by atoms with Gasteiger partial charge in [-0.2, -0.15) is 0 Å². The van der Waals surface area contributed by atoms with E-state index in [1.54, 1.807) is 12.1 Å². The number of nitrogens with zero attached hydrogens (tertiary/aromatic N) is 4. The van der Waals surface area contributed by atoms with Gasteiger partial charge in [0.1, 0.15) is 5.82 Å². The van der Waals surface area contributed by atoms with Crippen LogP contribution in [0.15, 0.2) is 102 Å². The molecule has 0 fully saturated rings. The highest BCUT2D eigenvalue weighted by Gasteiger charge is 2.17. The molecule has 0 aliphatic carbocycles. The van der Waals surface area contributed by atoms with Crippen LogP contribution in [-0.2, 0) is 12.2 Å². The standard InChI is InChI=1S/C28H21N5O2S/c34-33(35)22-12-6-8-19(16-22)18-36-28-31-30-26(32(28)21-10-2-1-3-11-21)17-20-9-7-14-24-23-13-4-5-15-25(23)29-27(20)24/h1-16,29H,17-18H2. The number of aromatic nitrogens is 4. The minimum absolute atomic E-state index is 0.0877. The van der Waals surface area contributed by atoms with Gasteiger partial charge in [0.25, 0.3) is 5.69 Å². The minimum atomic E-state index is -0.372. The highest BCUT2D eigenvalue weighted by Crippen LogP contribution is 2.31. The number of nitrogens with one attached hydrogen (secondary N) is 1. The van der Waals surface area contributed by atoms with Gasteiger partial charge in [-0.05, 0) is 29.3 Å². The molecule has 0 aliphatic rings. The highest BCUT2D eigenvalue weighted by atomic mass is 32.2. The number of H-pyrrole nitrogens is 1. The molecule has 2 aromatic heterocycles. The van der Waals surface area contributed by atoms with Crippen LogP contribution in [0, 0.1) is 10.1 Å². The second kappa shape index (κ2) is 9.31. The van der Waals surface area contributed by atoms with Crippen LogP contribution in [0.25, 0.3) is 27.5 Å². The number of aromatic amines is 1. The number of hydrogen-bond donors (Lipinski definition) is 1. The third kappa shape index (κ3) is 4.12. The first-order valence-corrected chi connectivity index (χ1v) is 12.5. The van der Waals surface area contributed by atoms with Crippen molar-refractivity contribution in [2.75, 3.05) is 0 Å². The van der Waals surface area contributed by atoms with Crippen LogP contribution in [0.3, 0.4) is 0 Å². The van der Waals surface area contributed by atoms with Crippen LogP contribution >= 0.6 is 11.8 Å². The summed E-state index contributed by atoms with van der Waals surface area (Å²) in [6, 6.07) is 31.4. The van der Waals surface area contributed by atoms with E-state index in [2.05, 4.69) is 56.1 Å². The van der Waals surface area contributed by atoms with Gasteiger partial charge in [-0.15, -0.1) is 10.2 Å². The molecule has 0 unspecified atom stereocenters. The van der Waals surface area contributed by atoms with Gasteiger partial charge >= 0.3 is 0 Å². The molecule has 0 radical (unpaired) electrons. The molecule has 0 bridgehead atoms. The zero-order valence-corrected chi connectivity index (χ0v) is 20.0. The Morgan fingerprint density at radius 3 is 2.50 bits per heavy atom. The van der Waals surface area contributed by atoms with Crippen LogP contribution < -0.4 is 0 Å². The molecule has 0 saturated carbocycles. The quantitative estimate of drug-likeness (QED) is 0.153. The lowest BCUT2D eigenvalue weighted by Crippen LogP contribution is -2.04. The number of rotatable bonds is 7. The molecule has 2 heterocycles. The summed E-state index contributed by atoms with van der Waals surface area (Å²) < 4.78 is 2.07. The Morgan fingerprint density at radius 1 is 0.861 bits per heavy atom. The average molecular weight is 492 g/mol.